The lowest BCUT2D eigenvalue weighted by Gasteiger charge is -2.19. The van der Waals surface area contributed by atoms with Crippen LogP contribution in [-0.4, -0.2) is 41.5 Å². The number of carboxylic acids is 1. The van der Waals surface area contributed by atoms with Crippen LogP contribution in [0.1, 0.15) is 0 Å². The highest BCUT2D eigenvalue weighted by Crippen LogP contribution is 2.28. The van der Waals surface area contributed by atoms with E-state index in [1.807, 2.05) is 0 Å². The van der Waals surface area contributed by atoms with Gasteiger partial charge in [0.25, 0.3) is 0 Å². The Morgan fingerprint density at radius 1 is 1.35 bits per heavy atom. The van der Waals surface area contributed by atoms with Crippen LogP contribution in [-0.2, 0) is 14.8 Å². The fourth-order valence-electron chi connectivity index (χ4n) is 1.59. The topological polar surface area (TPSA) is 74.7 Å². The molecule has 0 saturated carbocycles. The summed E-state index contributed by atoms with van der Waals surface area (Å²) in [4.78, 5) is 11.1. The Kier molecular flexibility index (Phi) is 3.41. The van der Waals surface area contributed by atoms with E-state index in [4.69, 9.17) is 5.11 Å². The van der Waals surface area contributed by atoms with Crippen LogP contribution in [0.25, 0.3) is 0 Å². The summed E-state index contributed by atoms with van der Waals surface area (Å²) in [6, 6.07) is 6.92. The molecule has 0 amide bonds. The van der Waals surface area contributed by atoms with E-state index in [9.17, 15) is 13.2 Å². The van der Waals surface area contributed by atoms with E-state index in [0.717, 1.165) is 4.31 Å². The van der Waals surface area contributed by atoms with Gasteiger partial charge in [0.05, 0.1) is 10.8 Å². The third kappa shape index (κ3) is 2.31. The van der Waals surface area contributed by atoms with Crippen LogP contribution in [0, 0.1) is 0 Å². The van der Waals surface area contributed by atoms with Gasteiger partial charge in [-0.2, -0.15) is 4.31 Å². The van der Waals surface area contributed by atoms with Gasteiger partial charge in [-0.05, 0) is 12.1 Å². The predicted molar refractivity (Wildman–Crippen MR) is 64.2 cm³/mol. The third-order valence-corrected chi connectivity index (χ3v) is 5.52. The molecule has 7 heteroatoms. The molecule has 17 heavy (non-hydrogen) atoms. The number of hydrogen-bond acceptors (Lipinski definition) is 4. The van der Waals surface area contributed by atoms with E-state index >= 15 is 0 Å². The maximum atomic E-state index is 12.2. The van der Waals surface area contributed by atoms with E-state index < -0.39 is 22.0 Å². The summed E-state index contributed by atoms with van der Waals surface area (Å²) in [5.74, 6) is -0.621. The van der Waals surface area contributed by atoms with Gasteiger partial charge >= 0.3 is 5.97 Å². The van der Waals surface area contributed by atoms with Crippen LogP contribution < -0.4 is 0 Å². The van der Waals surface area contributed by atoms with Crippen molar-refractivity contribution in [1.82, 2.24) is 4.31 Å². The van der Waals surface area contributed by atoms with Crippen LogP contribution in [0.15, 0.2) is 35.2 Å². The SMILES string of the molecule is O=C(O)C1CSCN1S(=O)(=O)c1ccccc1. The van der Waals surface area contributed by atoms with Crippen molar-refractivity contribution < 1.29 is 18.3 Å². The first-order chi connectivity index (χ1) is 8.03. The van der Waals surface area contributed by atoms with Gasteiger partial charge in [0.15, 0.2) is 0 Å². The zero-order valence-electron chi connectivity index (χ0n) is 8.81. The lowest BCUT2D eigenvalue weighted by molar-refractivity contribution is -0.140. The second-order valence-electron chi connectivity index (χ2n) is 3.56. The number of carboxylic acid groups (broad SMARTS) is 1. The van der Waals surface area contributed by atoms with Crippen LogP contribution >= 0.6 is 11.8 Å². The van der Waals surface area contributed by atoms with E-state index in [0.29, 0.717) is 5.75 Å². The third-order valence-electron chi connectivity index (χ3n) is 2.48. The van der Waals surface area contributed by atoms with Gasteiger partial charge in [0, 0.05) is 5.75 Å². The molecule has 1 saturated heterocycles. The van der Waals surface area contributed by atoms with E-state index in [-0.39, 0.29) is 10.8 Å². The van der Waals surface area contributed by atoms with Crippen LogP contribution in [0.5, 0.6) is 0 Å². The van der Waals surface area contributed by atoms with Crippen molar-refractivity contribution in [3.05, 3.63) is 30.3 Å². The second kappa shape index (κ2) is 4.67. The minimum absolute atomic E-state index is 0.133. The molecule has 1 aliphatic rings. The first kappa shape index (κ1) is 12.4. The van der Waals surface area contributed by atoms with Crippen molar-refractivity contribution in [2.45, 2.75) is 10.9 Å². The molecule has 1 aromatic carbocycles. The number of thioether (sulfide) groups is 1. The number of hydrogen-bond donors (Lipinski definition) is 1. The molecule has 1 fully saturated rings. The summed E-state index contributed by atoms with van der Waals surface area (Å²) < 4.78 is 25.4. The number of benzene rings is 1. The van der Waals surface area contributed by atoms with Gasteiger partial charge in [-0.15, -0.1) is 11.8 Å². The second-order valence-corrected chi connectivity index (χ2v) is 6.45. The van der Waals surface area contributed by atoms with Gasteiger partial charge in [-0.25, -0.2) is 8.42 Å². The van der Waals surface area contributed by atoms with Gasteiger partial charge in [0.1, 0.15) is 6.04 Å². The average Bonchev–Trinajstić information content (AvgIpc) is 2.80. The molecule has 0 aromatic heterocycles. The molecule has 0 bridgehead atoms. The van der Waals surface area contributed by atoms with E-state index in [1.54, 1.807) is 18.2 Å². The van der Waals surface area contributed by atoms with Gasteiger partial charge in [0.2, 0.25) is 10.0 Å². The van der Waals surface area contributed by atoms with Gasteiger partial charge in [-0.1, -0.05) is 18.2 Å². The summed E-state index contributed by atoms with van der Waals surface area (Å²) in [6.07, 6.45) is 0. The van der Waals surface area contributed by atoms with Crippen molar-refractivity contribution in [3.63, 3.8) is 0 Å². The molecular formula is C10H11NO4S2. The smallest absolute Gasteiger partial charge is 0.322 e. The van der Waals surface area contributed by atoms with Crippen molar-refractivity contribution >= 4 is 27.8 Å². The molecular weight excluding hydrogens is 262 g/mol. The first-order valence-corrected chi connectivity index (χ1v) is 7.50. The van der Waals surface area contributed by atoms with Crippen molar-refractivity contribution in [1.29, 1.82) is 0 Å². The Morgan fingerprint density at radius 2 is 2.00 bits per heavy atom. The van der Waals surface area contributed by atoms with Crippen molar-refractivity contribution in [2.24, 2.45) is 0 Å². The van der Waals surface area contributed by atoms with Crippen LogP contribution in [0.3, 0.4) is 0 Å². The van der Waals surface area contributed by atoms with Gasteiger partial charge < -0.3 is 5.11 Å². The number of sulfonamides is 1. The van der Waals surface area contributed by atoms with E-state index in [1.165, 1.54) is 23.9 Å². The highest BCUT2D eigenvalue weighted by molar-refractivity contribution is 8.00. The quantitative estimate of drug-likeness (QED) is 0.883. The highest BCUT2D eigenvalue weighted by atomic mass is 32.2. The standard InChI is InChI=1S/C10H11NO4S2/c12-10(13)9-6-16-7-11(9)17(14,15)8-4-2-1-3-5-8/h1-5,9H,6-7H2,(H,12,13). The summed E-state index contributed by atoms with van der Waals surface area (Å²) >= 11 is 1.31. The molecule has 1 unspecified atom stereocenters. The molecule has 92 valence electrons. The van der Waals surface area contributed by atoms with E-state index in [2.05, 4.69) is 0 Å². The Balaban J connectivity index is 2.37. The minimum atomic E-state index is -3.70. The Morgan fingerprint density at radius 3 is 2.59 bits per heavy atom. The van der Waals surface area contributed by atoms with Crippen LogP contribution in [0.2, 0.25) is 0 Å². The molecule has 1 atom stereocenters. The predicted octanol–water partition coefficient (Wildman–Crippen LogP) is 0.835. The average molecular weight is 273 g/mol. The number of aliphatic carboxylic acids is 1. The number of carbonyl (C=O) groups is 1. The largest absolute Gasteiger partial charge is 0.480 e. The van der Waals surface area contributed by atoms with Crippen molar-refractivity contribution in [3.8, 4) is 0 Å². The zero-order valence-corrected chi connectivity index (χ0v) is 10.4. The molecule has 2 rings (SSSR count). The molecule has 0 spiro atoms. The zero-order chi connectivity index (χ0) is 12.5. The van der Waals surface area contributed by atoms with Crippen molar-refractivity contribution in [2.75, 3.05) is 11.6 Å². The molecule has 1 aromatic rings. The maximum absolute atomic E-state index is 12.2. The number of nitrogens with zero attached hydrogens (tertiary/aromatic N) is 1. The molecule has 1 aliphatic heterocycles. The fourth-order valence-corrected chi connectivity index (χ4v) is 4.74. The lowest BCUT2D eigenvalue weighted by atomic mass is 10.4. The van der Waals surface area contributed by atoms with Crippen LogP contribution in [0.4, 0.5) is 0 Å². The normalized spacial score (nSPS) is 21.5. The summed E-state index contributed by atoms with van der Waals surface area (Å²) in [5, 5.41) is 8.97. The summed E-state index contributed by atoms with van der Waals surface area (Å²) in [5.41, 5.74) is 0. The molecule has 1 N–H and O–H groups in total. The fraction of sp³-hybridized carbons (Fsp3) is 0.300. The summed E-state index contributed by atoms with van der Waals surface area (Å²) in [6.45, 7) is 0. The highest BCUT2D eigenvalue weighted by Gasteiger charge is 2.39. The molecule has 1 heterocycles. The first-order valence-electron chi connectivity index (χ1n) is 4.91. The molecule has 0 radical (unpaired) electrons. The Labute approximate surface area is 103 Å². The lowest BCUT2D eigenvalue weighted by Crippen LogP contribution is -2.41. The monoisotopic (exact) mass is 273 g/mol. The Hall–Kier alpha value is -1.05. The Bertz CT molecular complexity index is 514. The van der Waals surface area contributed by atoms with Gasteiger partial charge in [-0.3, -0.25) is 4.79 Å². The number of rotatable bonds is 3. The molecule has 0 aliphatic carbocycles. The maximum Gasteiger partial charge on any atom is 0.322 e. The molecule has 5 nitrogen and oxygen atoms in total. The summed E-state index contributed by atoms with van der Waals surface area (Å²) in [7, 11) is -3.70. The minimum Gasteiger partial charge on any atom is -0.480 e.